The predicted octanol–water partition coefficient (Wildman–Crippen LogP) is 2.96. The highest BCUT2D eigenvalue weighted by Gasteiger charge is 2.23. The van der Waals surface area contributed by atoms with Gasteiger partial charge >= 0.3 is 0 Å². The van der Waals surface area contributed by atoms with Crippen LogP contribution in [0.3, 0.4) is 0 Å². The smallest absolute Gasteiger partial charge is 0.242 e. The quantitative estimate of drug-likeness (QED) is 0.861. The summed E-state index contributed by atoms with van der Waals surface area (Å²) in [5.41, 5.74) is 2.07. The second kappa shape index (κ2) is 6.51. The van der Waals surface area contributed by atoms with E-state index in [2.05, 4.69) is 20.8 Å². The molecule has 4 heteroatoms. The number of rotatable bonds is 3. The van der Waals surface area contributed by atoms with Crippen LogP contribution in [0, 0.1) is 0 Å². The molecule has 120 valence electrons. The Morgan fingerprint density at radius 3 is 2.09 bits per heavy atom. The Hall–Kier alpha value is -1.84. The summed E-state index contributed by atoms with van der Waals surface area (Å²) in [5, 5.41) is 0. The fourth-order valence-electron chi connectivity index (χ4n) is 2.73. The van der Waals surface area contributed by atoms with Crippen LogP contribution in [0.4, 0.5) is 5.69 Å². The van der Waals surface area contributed by atoms with Gasteiger partial charge in [0.05, 0.1) is 0 Å². The number of anilines is 1. The SMILES string of the molecule is CC(=O)N(CC(=O)N1CCCC1)c1ccc(C(C)(C)C)cc1. The molecule has 0 radical (unpaired) electrons. The lowest BCUT2D eigenvalue weighted by Gasteiger charge is -2.25. The van der Waals surface area contributed by atoms with E-state index in [1.165, 1.54) is 12.5 Å². The van der Waals surface area contributed by atoms with Crippen molar-refractivity contribution in [2.45, 2.75) is 46.0 Å². The second-order valence-corrected chi connectivity index (χ2v) is 6.99. The van der Waals surface area contributed by atoms with Crippen molar-refractivity contribution in [2.24, 2.45) is 0 Å². The fourth-order valence-corrected chi connectivity index (χ4v) is 2.73. The van der Waals surface area contributed by atoms with Crippen LogP contribution in [0.5, 0.6) is 0 Å². The maximum absolute atomic E-state index is 12.3. The third-order valence-electron chi connectivity index (χ3n) is 4.18. The van der Waals surface area contributed by atoms with Crippen LogP contribution in [0.2, 0.25) is 0 Å². The molecule has 1 aromatic rings. The molecule has 0 saturated carbocycles. The fraction of sp³-hybridized carbons (Fsp3) is 0.556. The summed E-state index contributed by atoms with van der Waals surface area (Å²) in [6, 6.07) is 7.93. The molecule has 1 saturated heterocycles. The summed E-state index contributed by atoms with van der Waals surface area (Å²) in [7, 11) is 0. The van der Waals surface area contributed by atoms with Gasteiger partial charge in [-0.15, -0.1) is 0 Å². The van der Waals surface area contributed by atoms with Crippen molar-refractivity contribution < 1.29 is 9.59 Å². The Bertz CT molecular complexity index is 537. The first-order valence-corrected chi connectivity index (χ1v) is 7.95. The lowest BCUT2D eigenvalue weighted by atomic mass is 9.87. The lowest BCUT2D eigenvalue weighted by molar-refractivity contribution is -0.130. The largest absolute Gasteiger partial charge is 0.341 e. The van der Waals surface area contributed by atoms with E-state index in [9.17, 15) is 9.59 Å². The predicted molar refractivity (Wildman–Crippen MR) is 89.0 cm³/mol. The van der Waals surface area contributed by atoms with Crippen molar-refractivity contribution in [3.05, 3.63) is 29.8 Å². The average Bonchev–Trinajstić information content (AvgIpc) is 2.97. The van der Waals surface area contributed by atoms with E-state index in [1.54, 1.807) is 4.90 Å². The molecule has 1 aromatic carbocycles. The van der Waals surface area contributed by atoms with Gasteiger partial charge in [0.25, 0.3) is 0 Å². The number of hydrogen-bond donors (Lipinski definition) is 0. The molecule has 1 aliphatic heterocycles. The van der Waals surface area contributed by atoms with Crippen molar-refractivity contribution in [3.8, 4) is 0 Å². The minimum absolute atomic E-state index is 0.0348. The van der Waals surface area contributed by atoms with Crippen LogP contribution in [0.1, 0.15) is 46.1 Å². The third kappa shape index (κ3) is 3.87. The molecular formula is C18H26N2O2. The average molecular weight is 302 g/mol. The van der Waals surface area contributed by atoms with E-state index in [1.807, 2.05) is 29.2 Å². The molecule has 0 N–H and O–H groups in total. The van der Waals surface area contributed by atoms with Crippen LogP contribution < -0.4 is 4.90 Å². The number of benzene rings is 1. The van der Waals surface area contributed by atoms with Gasteiger partial charge in [-0.3, -0.25) is 9.59 Å². The summed E-state index contributed by atoms with van der Waals surface area (Å²) in [6.45, 7) is 9.73. The number of amides is 2. The number of carbonyl (C=O) groups excluding carboxylic acids is 2. The van der Waals surface area contributed by atoms with Crippen molar-refractivity contribution in [2.75, 3.05) is 24.5 Å². The highest BCUT2D eigenvalue weighted by Crippen LogP contribution is 2.25. The molecule has 1 aliphatic rings. The summed E-state index contributed by atoms with van der Waals surface area (Å²) in [6.07, 6.45) is 2.12. The molecule has 1 fully saturated rings. The zero-order valence-electron chi connectivity index (χ0n) is 14.1. The van der Waals surface area contributed by atoms with Gasteiger partial charge in [0.2, 0.25) is 11.8 Å². The third-order valence-corrected chi connectivity index (χ3v) is 4.18. The van der Waals surface area contributed by atoms with E-state index in [-0.39, 0.29) is 23.8 Å². The molecule has 0 aromatic heterocycles. The first-order chi connectivity index (χ1) is 10.3. The van der Waals surface area contributed by atoms with Gasteiger partial charge in [0.1, 0.15) is 6.54 Å². The Morgan fingerprint density at radius 1 is 1.09 bits per heavy atom. The summed E-state index contributed by atoms with van der Waals surface area (Å²) < 4.78 is 0. The summed E-state index contributed by atoms with van der Waals surface area (Å²) in [5.74, 6) is -0.0661. The van der Waals surface area contributed by atoms with E-state index >= 15 is 0 Å². The molecule has 4 nitrogen and oxygen atoms in total. The highest BCUT2D eigenvalue weighted by molar-refractivity contribution is 5.97. The van der Waals surface area contributed by atoms with Crippen molar-refractivity contribution in [1.29, 1.82) is 0 Å². The molecule has 0 aliphatic carbocycles. The van der Waals surface area contributed by atoms with Crippen LogP contribution in [-0.4, -0.2) is 36.3 Å². The minimum atomic E-state index is -0.101. The number of nitrogens with zero attached hydrogens (tertiary/aromatic N) is 2. The standard InChI is InChI=1S/C18H26N2O2/c1-14(21)20(13-17(22)19-11-5-6-12-19)16-9-7-15(8-10-16)18(2,3)4/h7-10H,5-6,11-13H2,1-4H3. The normalized spacial score (nSPS) is 15.0. The van der Waals surface area contributed by atoms with Crippen molar-refractivity contribution in [3.63, 3.8) is 0 Å². The molecule has 2 rings (SSSR count). The van der Waals surface area contributed by atoms with Gasteiger partial charge in [-0.2, -0.15) is 0 Å². The zero-order valence-corrected chi connectivity index (χ0v) is 14.1. The first-order valence-electron chi connectivity index (χ1n) is 7.95. The molecule has 0 atom stereocenters. The van der Waals surface area contributed by atoms with E-state index in [4.69, 9.17) is 0 Å². The maximum atomic E-state index is 12.3. The molecule has 0 unspecified atom stereocenters. The molecule has 22 heavy (non-hydrogen) atoms. The van der Waals surface area contributed by atoms with E-state index in [0.717, 1.165) is 31.6 Å². The summed E-state index contributed by atoms with van der Waals surface area (Å²) >= 11 is 0. The summed E-state index contributed by atoms with van der Waals surface area (Å²) in [4.78, 5) is 27.6. The number of carbonyl (C=O) groups is 2. The Kier molecular flexibility index (Phi) is 4.89. The highest BCUT2D eigenvalue weighted by atomic mass is 16.2. The number of hydrogen-bond acceptors (Lipinski definition) is 2. The topological polar surface area (TPSA) is 40.6 Å². The first kappa shape index (κ1) is 16.5. The van der Waals surface area contributed by atoms with E-state index < -0.39 is 0 Å². The monoisotopic (exact) mass is 302 g/mol. The Morgan fingerprint density at radius 2 is 1.64 bits per heavy atom. The van der Waals surface area contributed by atoms with Crippen molar-refractivity contribution >= 4 is 17.5 Å². The molecule has 1 heterocycles. The molecule has 0 bridgehead atoms. The van der Waals surface area contributed by atoms with Gasteiger partial charge in [-0.1, -0.05) is 32.9 Å². The van der Waals surface area contributed by atoms with Gasteiger partial charge in [-0.05, 0) is 36.0 Å². The lowest BCUT2D eigenvalue weighted by Crippen LogP contribution is -2.41. The Labute approximate surface area is 133 Å². The molecule has 2 amide bonds. The maximum Gasteiger partial charge on any atom is 0.242 e. The van der Waals surface area contributed by atoms with Crippen LogP contribution in [-0.2, 0) is 15.0 Å². The van der Waals surface area contributed by atoms with Crippen LogP contribution in [0.15, 0.2) is 24.3 Å². The van der Waals surface area contributed by atoms with Crippen LogP contribution >= 0.6 is 0 Å². The molecule has 0 spiro atoms. The number of likely N-dealkylation sites (tertiary alicyclic amines) is 1. The van der Waals surface area contributed by atoms with Crippen molar-refractivity contribution in [1.82, 2.24) is 4.90 Å². The van der Waals surface area contributed by atoms with Crippen LogP contribution in [0.25, 0.3) is 0 Å². The van der Waals surface area contributed by atoms with Gasteiger partial charge < -0.3 is 9.80 Å². The second-order valence-electron chi connectivity index (χ2n) is 6.99. The Balaban J connectivity index is 2.14. The van der Waals surface area contributed by atoms with Gasteiger partial charge in [0.15, 0.2) is 0 Å². The molecular weight excluding hydrogens is 276 g/mol. The van der Waals surface area contributed by atoms with Gasteiger partial charge in [-0.25, -0.2) is 0 Å². The van der Waals surface area contributed by atoms with E-state index in [0.29, 0.717) is 0 Å². The zero-order chi connectivity index (χ0) is 16.3. The minimum Gasteiger partial charge on any atom is -0.341 e. The van der Waals surface area contributed by atoms with Gasteiger partial charge in [0, 0.05) is 25.7 Å².